The average molecular weight is 392 g/mol. The lowest BCUT2D eigenvalue weighted by Crippen LogP contribution is -2.48. The Balaban J connectivity index is 1.34. The predicted molar refractivity (Wildman–Crippen MR) is 111 cm³/mol. The highest BCUT2D eigenvalue weighted by atomic mass is 35.5. The van der Waals surface area contributed by atoms with Crippen molar-refractivity contribution in [3.8, 4) is 0 Å². The largest absolute Gasteiger partial charge is 0.451 e. The second-order valence-electron chi connectivity index (χ2n) is 6.92. The van der Waals surface area contributed by atoms with Crippen molar-refractivity contribution in [3.05, 3.63) is 71.6 Å². The number of para-hydroxylation sites is 1. The quantitative estimate of drug-likeness (QED) is 0.501. The monoisotopic (exact) mass is 391 g/mol. The van der Waals surface area contributed by atoms with E-state index in [9.17, 15) is 4.79 Å². The van der Waals surface area contributed by atoms with Gasteiger partial charge in [-0.25, -0.2) is 0 Å². The van der Waals surface area contributed by atoms with Gasteiger partial charge in [-0.1, -0.05) is 29.8 Å². The zero-order chi connectivity index (χ0) is 19.1. The molecular weight excluding hydrogens is 374 g/mol. The molecule has 6 heteroatoms. The summed E-state index contributed by atoms with van der Waals surface area (Å²) in [6, 6.07) is 17.3. The Morgan fingerprint density at radius 2 is 1.82 bits per heavy atom. The molecule has 2 aromatic carbocycles. The van der Waals surface area contributed by atoms with Gasteiger partial charge in [-0.2, -0.15) is 0 Å². The fourth-order valence-corrected chi connectivity index (χ4v) is 3.94. The number of hydrogen-bond donors (Lipinski definition) is 0. The van der Waals surface area contributed by atoms with Crippen molar-refractivity contribution < 1.29 is 9.21 Å². The summed E-state index contributed by atoms with van der Waals surface area (Å²) >= 11 is 6.09. The van der Waals surface area contributed by atoms with Crippen LogP contribution in [0.2, 0.25) is 5.02 Å². The van der Waals surface area contributed by atoms with Crippen molar-refractivity contribution in [2.75, 3.05) is 31.1 Å². The molecule has 1 fully saturated rings. The number of aromatic nitrogens is 1. The van der Waals surface area contributed by atoms with E-state index in [1.807, 2.05) is 59.5 Å². The number of hydrogen-bond acceptors (Lipinski definition) is 4. The lowest BCUT2D eigenvalue weighted by molar-refractivity contribution is 0.0717. The summed E-state index contributed by atoms with van der Waals surface area (Å²) in [7, 11) is 0. The number of halogens is 1. The van der Waals surface area contributed by atoms with E-state index >= 15 is 0 Å². The van der Waals surface area contributed by atoms with Crippen LogP contribution >= 0.6 is 11.6 Å². The van der Waals surface area contributed by atoms with Crippen molar-refractivity contribution in [2.45, 2.75) is 0 Å². The number of benzene rings is 2. The van der Waals surface area contributed by atoms with Crippen LogP contribution in [0.15, 0.2) is 65.2 Å². The molecule has 5 nitrogen and oxygen atoms in total. The van der Waals surface area contributed by atoms with Crippen LogP contribution in [0, 0.1) is 0 Å². The van der Waals surface area contributed by atoms with Crippen LogP contribution in [-0.4, -0.2) is 42.0 Å². The molecule has 140 valence electrons. The van der Waals surface area contributed by atoms with E-state index in [1.54, 1.807) is 6.20 Å². The smallest absolute Gasteiger partial charge is 0.289 e. The average Bonchev–Trinajstić information content (AvgIpc) is 3.17. The highest BCUT2D eigenvalue weighted by Gasteiger charge is 2.25. The molecule has 0 N–H and O–H groups in total. The molecular formula is C22H18ClN3O2. The topological polar surface area (TPSA) is 49.6 Å². The fourth-order valence-electron chi connectivity index (χ4n) is 3.78. The molecule has 28 heavy (non-hydrogen) atoms. The van der Waals surface area contributed by atoms with Crippen molar-refractivity contribution in [1.29, 1.82) is 0 Å². The van der Waals surface area contributed by atoms with E-state index in [0.29, 0.717) is 23.9 Å². The molecule has 1 saturated heterocycles. The molecule has 0 spiro atoms. The number of amides is 1. The molecule has 2 aromatic heterocycles. The van der Waals surface area contributed by atoms with Crippen molar-refractivity contribution in [2.24, 2.45) is 0 Å². The molecule has 1 amide bonds. The number of pyridine rings is 1. The minimum Gasteiger partial charge on any atom is -0.451 e. The Hall–Kier alpha value is -3.05. The van der Waals surface area contributed by atoms with Gasteiger partial charge < -0.3 is 14.2 Å². The summed E-state index contributed by atoms with van der Waals surface area (Å²) in [5, 5.41) is 2.70. The van der Waals surface area contributed by atoms with Gasteiger partial charge in [0.25, 0.3) is 5.91 Å². The standard InChI is InChI=1S/C22H18ClN3O2/c23-16-5-6-17-18(14-16)24-8-7-19(17)25-9-11-26(12-10-25)22(27)21-13-15-3-1-2-4-20(15)28-21/h1-8,13-14H,9-12H2. The lowest BCUT2D eigenvalue weighted by atomic mass is 10.1. The SMILES string of the molecule is O=C(c1cc2ccccc2o1)N1CCN(c2ccnc3cc(Cl)ccc23)CC1. The number of carbonyl (C=O) groups excluding carboxylic acids is 1. The van der Waals surface area contributed by atoms with E-state index in [4.69, 9.17) is 16.0 Å². The van der Waals surface area contributed by atoms with Gasteiger partial charge in [-0.05, 0) is 36.4 Å². The zero-order valence-corrected chi connectivity index (χ0v) is 15.9. The van der Waals surface area contributed by atoms with E-state index in [1.165, 1.54) is 0 Å². The normalized spacial score (nSPS) is 14.8. The maximum absolute atomic E-state index is 12.9. The summed E-state index contributed by atoms with van der Waals surface area (Å²) < 4.78 is 5.74. The number of fused-ring (bicyclic) bond motifs is 2. The predicted octanol–water partition coefficient (Wildman–Crippen LogP) is 4.60. The molecule has 5 rings (SSSR count). The Kier molecular flexibility index (Phi) is 4.17. The summed E-state index contributed by atoms with van der Waals surface area (Å²) in [6.07, 6.45) is 1.81. The van der Waals surface area contributed by atoms with Gasteiger partial charge in [0.1, 0.15) is 5.58 Å². The van der Waals surface area contributed by atoms with Crippen molar-refractivity contribution in [3.63, 3.8) is 0 Å². The van der Waals surface area contributed by atoms with E-state index in [0.717, 1.165) is 40.6 Å². The number of anilines is 1. The lowest BCUT2D eigenvalue weighted by Gasteiger charge is -2.36. The van der Waals surface area contributed by atoms with Gasteiger partial charge in [0.2, 0.25) is 0 Å². The molecule has 0 aliphatic carbocycles. The molecule has 0 bridgehead atoms. The van der Waals surface area contributed by atoms with Crippen molar-refractivity contribution >= 4 is 45.1 Å². The minimum absolute atomic E-state index is 0.0535. The van der Waals surface area contributed by atoms with Crippen LogP contribution in [0.4, 0.5) is 5.69 Å². The first-order chi connectivity index (χ1) is 13.7. The first-order valence-corrected chi connectivity index (χ1v) is 9.64. The zero-order valence-electron chi connectivity index (χ0n) is 15.1. The molecule has 0 atom stereocenters. The molecule has 3 heterocycles. The van der Waals surface area contributed by atoms with Gasteiger partial charge in [0, 0.05) is 53.9 Å². The fraction of sp³-hybridized carbons (Fsp3) is 0.182. The summed E-state index contributed by atoms with van der Waals surface area (Å²) in [5.74, 6) is 0.348. The van der Waals surface area contributed by atoms with Gasteiger partial charge in [-0.3, -0.25) is 9.78 Å². The summed E-state index contributed by atoms with van der Waals surface area (Å²) in [6.45, 7) is 2.81. The maximum Gasteiger partial charge on any atom is 0.289 e. The van der Waals surface area contributed by atoms with Crippen LogP contribution < -0.4 is 4.90 Å². The third-order valence-electron chi connectivity index (χ3n) is 5.23. The minimum atomic E-state index is -0.0535. The van der Waals surface area contributed by atoms with Gasteiger partial charge >= 0.3 is 0 Å². The van der Waals surface area contributed by atoms with Crippen LogP contribution in [-0.2, 0) is 0 Å². The molecule has 0 unspecified atom stereocenters. The first-order valence-electron chi connectivity index (χ1n) is 9.26. The number of rotatable bonds is 2. The third-order valence-corrected chi connectivity index (χ3v) is 5.46. The summed E-state index contributed by atoms with van der Waals surface area (Å²) in [5.41, 5.74) is 2.75. The number of nitrogens with zero attached hydrogens (tertiary/aromatic N) is 3. The van der Waals surface area contributed by atoms with Crippen molar-refractivity contribution in [1.82, 2.24) is 9.88 Å². The molecule has 1 aliphatic rings. The molecule has 0 saturated carbocycles. The number of carbonyl (C=O) groups is 1. The number of piperazine rings is 1. The first kappa shape index (κ1) is 17.1. The number of furan rings is 1. The Bertz CT molecular complexity index is 1150. The molecule has 0 radical (unpaired) electrons. The van der Waals surface area contributed by atoms with E-state index in [-0.39, 0.29) is 5.91 Å². The van der Waals surface area contributed by atoms with Gasteiger partial charge in [-0.15, -0.1) is 0 Å². The molecule has 1 aliphatic heterocycles. The van der Waals surface area contributed by atoms with Gasteiger partial charge in [0.05, 0.1) is 5.52 Å². The second-order valence-corrected chi connectivity index (χ2v) is 7.36. The Morgan fingerprint density at radius 1 is 1.00 bits per heavy atom. The van der Waals surface area contributed by atoms with Crippen LogP contribution in [0.1, 0.15) is 10.6 Å². The van der Waals surface area contributed by atoms with Crippen LogP contribution in [0.3, 0.4) is 0 Å². The van der Waals surface area contributed by atoms with E-state index in [2.05, 4.69) is 9.88 Å². The van der Waals surface area contributed by atoms with Crippen LogP contribution in [0.25, 0.3) is 21.9 Å². The second kappa shape index (κ2) is 6.84. The Labute approximate surface area is 167 Å². The molecule has 4 aromatic rings. The summed E-state index contributed by atoms with van der Waals surface area (Å²) in [4.78, 5) is 21.4. The maximum atomic E-state index is 12.9. The Morgan fingerprint density at radius 3 is 2.64 bits per heavy atom. The highest BCUT2D eigenvalue weighted by Crippen LogP contribution is 2.28. The third kappa shape index (κ3) is 2.98. The van der Waals surface area contributed by atoms with Gasteiger partial charge in [0.15, 0.2) is 5.76 Å². The van der Waals surface area contributed by atoms with E-state index < -0.39 is 0 Å². The highest BCUT2D eigenvalue weighted by molar-refractivity contribution is 6.31. The van der Waals surface area contributed by atoms with Crippen LogP contribution in [0.5, 0.6) is 0 Å².